The van der Waals surface area contributed by atoms with Gasteiger partial charge in [0.1, 0.15) is 0 Å². The molecule has 5 nitrogen and oxygen atoms in total. The van der Waals surface area contributed by atoms with Crippen LogP contribution in [0.2, 0.25) is 0 Å². The monoisotopic (exact) mass is 418 g/mol. The highest BCUT2D eigenvalue weighted by atomic mass is 19.3. The first kappa shape index (κ1) is 22.0. The Hall–Kier alpha value is -2.67. The molecule has 1 heterocycles. The number of halogens is 2. The van der Waals surface area contributed by atoms with E-state index in [4.69, 9.17) is 4.74 Å². The Morgan fingerprint density at radius 1 is 1.20 bits per heavy atom. The van der Waals surface area contributed by atoms with Gasteiger partial charge in [-0.25, -0.2) is 0 Å². The summed E-state index contributed by atoms with van der Waals surface area (Å²) in [6, 6.07) is 15.1. The lowest BCUT2D eigenvalue weighted by Gasteiger charge is -2.21. The molecule has 0 spiro atoms. The minimum Gasteiger partial charge on any atom is -0.493 e. The molecule has 162 valence electrons. The van der Waals surface area contributed by atoms with Gasteiger partial charge in [-0.1, -0.05) is 30.3 Å². The van der Waals surface area contributed by atoms with Gasteiger partial charge in [-0.3, -0.25) is 9.69 Å². The van der Waals surface area contributed by atoms with Crippen LogP contribution >= 0.6 is 0 Å². The van der Waals surface area contributed by atoms with Gasteiger partial charge in [-0.2, -0.15) is 8.78 Å². The van der Waals surface area contributed by atoms with Crippen LogP contribution < -0.4 is 14.8 Å². The maximum atomic E-state index is 12.4. The van der Waals surface area contributed by atoms with E-state index in [1.54, 1.807) is 0 Å². The number of nitrogens with one attached hydrogen (secondary N) is 1. The van der Waals surface area contributed by atoms with E-state index in [0.717, 1.165) is 25.9 Å². The van der Waals surface area contributed by atoms with Crippen molar-refractivity contribution in [3.63, 3.8) is 0 Å². The second-order valence-electron chi connectivity index (χ2n) is 7.65. The third-order valence-corrected chi connectivity index (χ3v) is 5.50. The van der Waals surface area contributed by atoms with Crippen molar-refractivity contribution in [2.24, 2.45) is 5.92 Å². The molecule has 1 aliphatic heterocycles. The van der Waals surface area contributed by atoms with Crippen molar-refractivity contribution in [3.8, 4) is 11.5 Å². The lowest BCUT2D eigenvalue weighted by atomic mass is 10.0. The number of likely N-dealkylation sites (tertiary alicyclic amines) is 1. The van der Waals surface area contributed by atoms with Gasteiger partial charge in [-0.05, 0) is 49.4 Å². The van der Waals surface area contributed by atoms with Gasteiger partial charge in [0.25, 0.3) is 5.91 Å². The number of ether oxygens (including phenoxy) is 2. The number of nitrogens with zero attached hydrogens (tertiary/aromatic N) is 1. The number of hydrogen-bond donors (Lipinski definition) is 1. The third-order valence-electron chi connectivity index (χ3n) is 5.50. The number of carbonyl (C=O) groups is 1. The zero-order chi connectivity index (χ0) is 21.5. The minimum absolute atomic E-state index is 0.0949. The van der Waals surface area contributed by atoms with Crippen LogP contribution in [0, 0.1) is 5.92 Å². The average Bonchev–Trinajstić information content (AvgIpc) is 3.07. The standard InChI is InChI=1S/C23H28F2N2O3/c1-16-12-18(15-27(16)14-17-6-4-3-5-7-17)10-11-26-22(28)19-8-9-20(30-23(24)25)21(13-19)29-2/h3-9,13,16,18,23H,10-12,14-15H2,1-2H3,(H,26,28)/t16-,18+/m1/s1. The number of benzene rings is 2. The maximum absolute atomic E-state index is 12.4. The molecule has 2 aromatic carbocycles. The summed E-state index contributed by atoms with van der Waals surface area (Å²) in [7, 11) is 1.35. The van der Waals surface area contributed by atoms with Crippen molar-refractivity contribution in [1.29, 1.82) is 0 Å². The average molecular weight is 418 g/mol. The lowest BCUT2D eigenvalue weighted by Crippen LogP contribution is -2.28. The first-order valence-corrected chi connectivity index (χ1v) is 10.1. The lowest BCUT2D eigenvalue weighted by molar-refractivity contribution is -0.0512. The van der Waals surface area contributed by atoms with E-state index >= 15 is 0 Å². The van der Waals surface area contributed by atoms with Crippen molar-refractivity contribution >= 4 is 5.91 Å². The molecule has 0 bridgehead atoms. The molecule has 0 aromatic heterocycles. The highest BCUT2D eigenvalue weighted by Crippen LogP contribution is 2.30. The van der Waals surface area contributed by atoms with Crippen LogP contribution in [0.1, 0.15) is 35.7 Å². The summed E-state index contributed by atoms with van der Waals surface area (Å²) < 4.78 is 34.3. The van der Waals surface area contributed by atoms with Crippen molar-refractivity contribution in [1.82, 2.24) is 10.2 Å². The molecule has 0 radical (unpaired) electrons. The fourth-order valence-electron chi connectivity index (χ4n) is 3.96. The SMILES string of the molecule is COc1cc(C(=O)NCC[C@H]2C[C@@H](C)N(Cc3ccccc3)C2)ccc1OC(F)F. The second kappa shape index (κ2) is 10.4. The van der Waals surface area contributed by atoms with Crippen molar-refractivity contribution in [3.05, 3.63) is 59.7 Å². The highest BCUT2D eigenvalue weighted by Gasteiger charge is 2.28. The first-order chi connectivity index (χ1) is 14.5. The van der Waals surface area contributed by atoms with Crippen LogP contribution in [0.25, 0.3) is 0 Å². The smallest absolute Gasteiger partial charge is 0.387 e. The molecule has 2 atom stereocenters. The number of amides is 1. The first-order valence-electron chi connectivity index (χ1n) is 10.1. The van der Waals surface area contributed by atoms with Crippen LogP contribution in [-0.2, 0) is 6.54 Å². The van der Waals surface area contributed by atoms with Gasteiger partial charge in [0, 0.05) is 31.2 Å². The number of hydrogen-bond acceptors (Lipinski definition) is 4. The van der Waals surface area contributed by atoms with Crippen LogP contribution in [0.3, 0.4) is 0 Å². The number of methoxy groups -OCH3 is 1. The van der Waals surface area contributed by atoms with Gasteiger partial charge in [0.05, 0.1) is 7.11 Å². The summed E-state index contributed by atoms with van der Waals surface area (Å²) in [4.78, 5) is 14.9. The van der Waals surface area contributed by atoms with Gasteiger partial charge >= 0.3 is 6.61 Å². The quantitative estimate of drug-likeness (QED) is 0.659. The van der Waals surface area contributed by atoms with Crippen LogP contribution in [0.4, 0.5) is 8.78 Å². The van der Waals surface area contributed by atoms with Gasteiger partial charge in [0.15, 0.2) is 11.5 Å². The Morgan fingerprint density at radius 3 is 2.67 bits per heavy atom. The van der Waals surface area contributed by atoms with Gasteiger partial charge < -0.3 is 14.8 Å². The molecule has 30 heavy (non-hydrogen) atoms. The summed E-state index contributed by atoms with van der Waals surface area (Å²) in [5.74, 6) is 0.274. The van der Waals surface area contributed by atoms with E-state index in [1.165, 1.54) is 30.9 Å². The number of carbonyl (C=O) groups excluding carboxylic acids is 1. The number of alkyl halides is 2. The molecule has 7 heteroatoms. The molecule has 0 unspecified atom stereocenters. The second-order valence-corrected chi connectivity index (χ2v) is 7.65. The summed E-state index contributed by atoms with van der Waals surface area (Å²) >= 11 is 0. The molecule has 1 amide bonds. The molecule has 1 saturated heterocycles. The van der Waals surface area contributed by atoms with Crippen molar-refractivity contribution in [2.45, 2.75) is 39.0 Å². The fraction of sp³-hybridized carbons (Fsp3) is 0.435. The Bertz CT molecular complexity index is 832. The zero-order valence-corrected chi connectivity index (χ0v) is 17.3. The van der Waals surface area contributed by atoms with E-state index in [1.807, 2.05) is 6.07 Å². The minimum atomic E-state index is -2.95. The van der Waals surface area contributed by atoms with Gasteiger partial charge in [-0.15, -0.1) is 0 Å². The highest BCUT2D eigenvalue weighted by molar-refractivity contribution is 5.94. The molecule has 2 aromatic rings. The van der Waals surface area contributed by atoms with Crippen LogP contribution in [0.5, 0.6) is 11.5 Å². The Kier molecular flexibility index (Phi) is 7.63. The molecule has 1 N–H and O–H groups in total. The molecular weight excluding hydrogens is 390 g/mol. The Labute approximate surface area is 176 Å². The zero-order valence-electron chi connectivity index (χ0n) is 17.3. The van der Waals surface area contributed by atoms with E-state index in [2.05, 4.69) is 46.1 Å². The summed E-state index contributed by atoms with van der Waals surface area (Å²) in [6.45, 7) is 1.81. The topological polar surface area (TPSA) is 50.8 Å². The molecule has 0 aliphatic carbocycles. The van der Waals surface area contributed by atoms with E-state index < -0.39 is 6.61 Å². The van der Waals surface area contributed by atoms with E-state index in [9.17, 15) is 13.6 Å². The molecule has 0 saturated carbocycles. The predicted octanol–water partition coefficient (Wildman–Crippen LogP) is 4.33. The normalized spacial score (nSPS) is 19.1. The predicted molar refractivity (Wildman–Crippen MR) is 111 cm³/mol. The molecular formula is C23H28F2N2O3. The largest absolute Gasteiger partial charge is 0.493 e. The molecule has 1 fully saturated rings. The summed E-state index contributed by atoms with van der Waals surface area (Å²) in [5, 5.41) is 2.91. The molecule has 1 aliphatic rings. The van der Waals surface area contributed by atoms with E-state index in [0.29, 0.717) is 24.1 Å². The Balaban J connectivity index is 1.47. The maximum Gasteiger partial charge on any atom is 0.387 e. The van der Waals surface area contributed by atoms with Gasteiger partial charge in [0.2, 0.25) is 0 Å². The fourth-order valence-corrected chi connectivity index (χ4v) is 3.96. The van der Waals surface area contributed by atoms with Crippen LogP contribution in [-0.4, -0.2) is 43.7 Å². The Morgan fingerprint density at radius 2 is 1.97 bits per heavy atom. The molecule has 3 rings (SSSR count). The summed E-state index contributed by atoms with van der Waals surface area (Å²) in [6.07, 6.45) is 2.00. The van der Waals surface area contributed by atoms with Crippen LogP contribution in [0.15, 0.2) is 48.5 Å². The number of rotatable bonds is 9. The van der Waals surface area contributed by atoms with E-state index in [-0.39, 0.29) is 17.4 Å². The van der Waals surface area contributed by atoms with Crippen molar-refractivity contribution in [2.75, 3.05) is 20.2 Å². The third kappa shape index (κ3) is 5.92. The summed E-state index contributed by atoms with van der Waals surface area (Å²) in [5.41, 5.74) is 1.66. The van der Waals surface area contributed by atoms with Crippen molar-refractivity contribution < 1.29 is 23.0 Å².